The summed E-state index contributed by atoms with van der Waals surface area (Å²) in [5.74, 6) is 0.350. The van der Waals surface area contributed by atoms with E-state index in [0.29, 0.717) is 16.5 Å². The predicted molar refractivity (Wildman–Crippen MR) is 92.4 cm³/mol. The van der Waals surface area contributed by atoms with Gasteiger partial charge in [0.05, 0.1) is 16.5 Å². The highest BCUT2D eigenvalue weighted by atomic mass is 35.5. The number of nitrogens with two attached hydrogens (primary N) is 1. The van der Waals surface area contributed by atoms with Crippen LogP contribution in [0.15, 0.2) is 53.4 Å². The third-order valence-corrected chi connectivity index (χ3v) is 5.38. The van der Waals surface area contributed by atoms with Gasteiger partial charge in [-0.2, -0.15) is 0 Å². The predicted octanol–water partition coefficient (Wildman–Crippen LogP) is 0.592. The molecule has 0 aromatic heterocycles. The molecule has 3 amide bonds. The van der Waals surface area contributed by atoms with Gasteiger partial charge in [0.25, 0.3) is 5.91 Å². The molecule has 2 aromatic rings. The number of hydrogen-bond donors (Lipinski definition) is 3. The minimum atomic E-state index is -3.83. The fraction of sp³-hybridized carbons (Fsp3) is 0.125. The molecule has 3 rings (SSSR count). The number of halogens is 1. The van der Waals surface area contributed by atoms with Crippen molar-refractivity contribution in [1.29, 1.82) is 0 Å². The number of ether oxygens (including phenoxy) is 1. The van der Waals surface area contributed by atoms with Crippen LogP contribution >= 0.6 is 11.6 Å². The molecule has 0 spiro atoms. The minimum Gasteiger partial charge on any atom is -0.456 e. The number of carbonyl (C=O) groups is 2. The van der Waals surface area contributed by atoms with E-state index in [1.165, 1.54) is 24.3 Å². The van der Waals surface area contributed by atoms with E-state index in [9.17, 15) is 18.0 Å². The van der Waals surface area contributed by atoms with Crippen molar-refractivity contribution >= 4 is 33.6 Å². The number of rotatable bonds is 6. The lowest BCUT2D eigenvalue weighted by Gasteiger charge is -2.10. The van der Waals surface area contributed by atoms with Crippen molar-refractivity contribution in [2.24, 2.45) is 0 Å². The second-order valence-corrected chi connectivity index (χ2v) is 7.66. The molecule has 1 aliphatic rings. The zero-order valence-electron chi connectivity index (χ0n) is 13.3. The van der Waals surface area contributed by atoms with Crippen molar-refractivity contribution in [3.05, 3.63) is 53.6 Å². The molecule has 26 heavy (non-hydrogen) atoms. The van der Waals surface area contributed by atoms with Crippen LogP contribution in [0.5, 0.6) is 11.5 Å². The molecule has 1 aliphatic heterocycles. The highest BCUT2D eigenvalue weighted by Gasteiger charge is 2.35. The molecule has 10 heteroatoms. The number of amides is 3. The molecule has 1 atom stereocenters. The van der Waals surface area contributed by atoms with E-state index in [-0.39, 0.29) is 11.4 Å². The molecule has 0 bridgehead atoms. The summed E-state index contributed by atoms with van der Waals surface area (Å²) in [5.41, 5.74) is 0. The summed E-state index contributed by atoms with van der Waals surface area (Å²) in [6, 6.07) is 11.3. The number of quaternary nitrogens is 1. The Morgan fingerprint density at radius 2 is 1.81 bits per heavy atom. The number of primary amides is 1. The van der Waals surface area contributed by atoms with Gasteiger partial charge in [0.15, 0.2) is 6.04 Å². The maximum atomic E-state index is 12.3. The molecule has 8 nitrogen and oxygen atoms in total. The summed E-state index contributed by atoms with van der Waals surface area (Å²) in [5, 5.41) is 3.66. The van der Waals surface area contributed by atoms with Gasteiger partial charge in [-0.25, -0.2) is 23.3 Å². The van der Waals surface area contributed by atoms with E-state index in [1.54, 1.807) is 24.3 Å². The molecule has 0 aliphatic carbocycles. The maximum absolute atomic E-state index is 12.3. The van der Waals surface area contributed by atoms with Gasteiger partial charge in [0.1, 0.15) is 11.5 Å². The molecule has 0 radical (unpaired) electrons. The summed E-state index contributed by atoms with van der Waals surface area (Å²) in [4.78, 5) is 22.5. The van der Waals surface area contributed by atoms with Crippen LogP contribution in [-0.2, 0) is 14.8 Å². The highest BCUT2D eigenvalue weighted by Crippen LogP contribution is 2.29. The van der Waals surface area contributed by atoms with Gasteiger partial charge < -0.3 is 4.74 Å². The quantitative estimate of drug-likeness (QED) is 0.618. The molecular formula is C16H15ClN3O5S+. The smallest absolute Gasteiger partial charge is 0.420 e. The Balaban J connectivity index is 1.66. The number of urea groups is 1. The van der Waals surface area contributed by atoms with Gasteiger partial charge in [0.2, 0.25) is 10.0 Å². The zero-order valence-corrected chi connectivity index (χ0v) is 14.9. The normalized spacial score (nSPS) is 17.2. The molecule has 1 fully saturated rings. The number of para-hydroxylation sites is 1. The average Bonchev–Trinajstić information content (AvgIpc) is 2.93. The standard InChI is InChI=1S/C16H14ClN3O5S/c17-12-3-1-2-4-14(12)25-10-5-7-11(8-6-10)26(23,24)18-9-13-15(21)20-16(22)19-13/h1-8,13,18H,9H2,(H2,19,20,21,22)/p+1/t13-/m0/s1. The van der Waals surface area contributed by atoms with Crippen LogP contribution in [0.1, 0.15) is 0 Å². The molecule has 4 N–H and O–H groups in total. The fourth-order valence-corrected chi connectivity index (χ4v) is 3.52. The van der Waals surface area contributed by atoms with E-state index in [1.807, 2.05) is 0 Å². The monoisotopic (exact) mass is 396 g/mol. The number of carbonyl (C=O) groups excluding carboxylic acids is 2. The minimum absolute atomic E-state index is 0.00809. The summed E-state index contributed by atoms with van der Waals surface area (Å²) >= 11 is 6.01. The van der Waals surface area contributed by atoms with Crippen molar-refractivity contribution in [3.63, 3.8) is 0 Å². The molecule has 0 saturated carbocycles. The Hall–Kier alpha value is -2.46. The van der Waals surface area contributed by atoms with Crippen LogP contribution in [0.25, 0.3) is 0 Å². The molecule has 0 unspecified atom stereocenters. The van der Waals surface area contributed by atoms with Gasteiger partial charge in [-0.1, -0.05) is 23.7 Å². The molecular weight excluding hydrogens is 382 g/mol. The van der Waals surface area contributed by atoms with E-state index in [2.05, 4.69) is 10.0 Å². The Kier molecular flexibility index (Phi) is 5.23. The Labute approximate surface area is 154 Å². The SMILES string of the molecule is O=C1NC(=O)[C@H](CNS(=O)(=O)c2ccc(Oc3ccccc3Cl)cc2)[NH2+]1. The summed E-state index contributed by atoms with van der Waals surface area (Å²) < 4.78 is 32.5. The van der Waals surface area contributed by atoms with Crippen molar-refractivity contribution in [2.75, 3.05) is 6.54 Å². The fourth-order valence-electron chi connectivity index (χ4n) is 2.29. The first kappa shape index (κ1) is 18.3. The lowest BCUT2D eigenvalue weighted by molar-refractivity contribution is -0.568. The topological polar surface area (TPSA) is 118 Å². The van der Waals surface area contributed by atoms with E-state index in [0.717, 1.165) is 5.32 Å². The van der Waals surface area contributed by atoms with Crippen LogP contribution in [0.2, 0.25) is 5.02 Å². The van der Waals surface area contributed by atoms with Gasteiger partial charge in [-0.3, -0.25) is 10.1 Å². The first-order valence-corrected chi connectivity index (χ1v) is 9.43. The van der Waals surface area contributed by atoms with Gasteiger partial charge in [-0.05, 0) is 36.4 Å². The van der Waals surface area contributed by atoms with Gasteiger partial charge in [0, 0.05) is 0 Å². The third kappa shape index (κ3) is 4.20. The largest absolute Gasteiger partial charge is 0.456 e. The summed E-state index contributed by atoms with van der Waals surface area (Å²) in [6.45, 7) is -0.197. The van der Waals surface area contributed by atoms with E-state index < -0.39 is 28.0 Å². The molecule has 1 saturated heterocycles. The maximum Gasteiger partial charge on any atom is 0.420 e. The zero-order chi connectivity index (χ0) is 18.7. The Bertz CT molecular complexity index is 947. The second kappa shape index (κ2) is 7.42. The van der Waals surface area contributed by atoms with Crippen molar-refractivity contribution in [3.8, 4) is 11.5 Å². The summed E-state index contributed by atoms with van der Waals surface area (Å²) in [7, 11) is -3.83. The van der Waals surface area contributed by atoms with Crippen LogP contribution in [-0.4, -0.2) is 32.9 Å². The van der Waals surface area contributed by atoms with Crippen molar-refractivity contribution in [2.45, 2.75) is 10.9 Å². The summed E-state index contributed by atoms with van der Waals surface area (Å²) in [6.07, 6.45) is 0. The molecule has 2 aromatic carbocycles. The molecule has 1 heterocycles. The first-order chi connectivity index (χ1) is 12.3. The molecule has 136 valence electrons. The number of nitrogens with one attached hydrogen (secondary N) is 2. The van der Waals surface area contributed by atoms with E-state index in [4.69, 9.17) is 16.3 Å². The average molecular weight is 397 g/mol. The second-order valence-electron chi connectivity index (χ2n) is 5.48. The van der Waals surface area contributed by atoms with E-state index >= 15 is 0 Å². The first-order valence-electron chi connectivity index (χ1n) is 7.57. The number of imide groups is 1. The lowest BCUT2D eigenvalue weighted by Crippen LogP contribution is -2.92. The van der Waals surface area contributed by atoms with Crippen molar-refractivity contribution in [1.82, 2.24) is 10.0 Å². The van der Waals surface area contributed by atoms with Crippen LogP contribution < -0.4 is 20.1 Å². The number of hydrogen-bond acceptors (Lipinski definition) is 5. The van der Waals surface area contributed by atoms with Gasteiger partial charge >= 0.3 is 6.03 Å². The third-order valence-electron chi connectivity index (χ3n) is 3.63. The van der Waals surface area contributed by atoms with Crippen LogP contribution in [0.3, 0.4) is 0 Å². The Morgan fingerprint density at radius 3 is 2.42 bits per heavy atom. The number of benzene rings is 2. The van der Waals surface area contributed by atoms with Crippen LogP contribution in [0.4, 0.5) is 4.79 Å². The van der Waals surface area contributed by atoms with Gasteiger partial charge in [-0.15, -0.1) is 0 Å². The highest BCUT2D eigenvalue weighted by molar-refractivity contribution is 7.89. The lowest BCUT2D eigenvalue weighted by atomic mass is 10.3. The Morgan fingerprint density at radius 1 is 1.12 bits per heavy atom. The van der Waals surface area contributed by atoms with Crippen molar-refractivity contribution < 1.29 is 28.1 Å². The van der Waals surface area contributed by atoms with Crippen LogP contribution in [0, 0.1) is 0 Å². The number of sulfonamides is 1.